The van der Waals surface area contributed by atoms with E-state index < -0.39 is 5.82 Å². The molecule has 0 aliphatic heterocycles. The Morgan fingerprint density at radius 2 is 2.08 bits per heavy atom. The molecule has 0 saturated carbocycles. The summed E-state index contributed by atoms with van der Waals surface area (Å²) in [6.07, 6.45) is 0.729. The van der Waals surface area contributed by atoms with Gasteiger partial charge in [0, 0.05) is 19.2 Å². The number of hydrogen-bond acceptors (Lipinski definition) is 3. The molecule has 0 aliphatic rings. The molecule has 0 unspecified atom stereocenters. The Morgan fingerprint density at radius 3 is 2.71 bits per heavy atom. The number of nitrogens with zero attached hydrogens (tertiary/aromatic N) is 2. The number of halogens is 1. The average molecular weight is 333 g/mol. The van der Waals surface area contributed by atoms with Crippen molar-refractivity contribution < 1.29 is 13.9 Å². The van der Waals surface area contributed by atoms with Gasteiger partial charge in [-0.15, -0.1) is 0 Å². The number of hydrogen-bond donors (Lipinski definition) is 1. The fourth-order valence-corrected chi connectivity index (χ4v) is 2.56. The summed E-state index contributed by atoms with van der Waals surface area (Å²) in [5.74, 6) is -0.263. The molecule has 6 heteroatoms. The third-order valence-corrected chi connectivity index (χ3v) is 4.01. The molecule has 1 heterocycles. The minimum atomic E-state index is -0.404. The number of aryl methyl sites for hydroxylation is 2. The van der Waals surface area contributed by atoms with Crippen LogP contribution >= 0.6 is 0 Å². The highest BCUT2D eigenvalue weighted by molar-refractivity contribution is 5.76. The summed E-state index contributed by atoms with van der Waals surface area (Å²) >= 11 is 0. The molecule has 0 radical (unpaired) electrons. The lowest BCUT2D eigenvalue weighted by molar-refractivity contribution is -0.121. The lowest BCUT2D eigenvalue weighted by Crippen LogP contribution is -2.33. The zero-order valence-corrected chi connectivity index (χ0v) is 14.6. The second-order valence-corrected chi connectivity index (χ2v) is 5.94. The van der Waals surface area contributed by atoms with Gasteiger partial charge >= 0.3 is 0 Å². The van der Waals surface area contributed by atoms with E-state index in [1.807, 2.05) is 25.6 Å². The first-order valence-corrected chi connectivity index (χ1v) is 8.05. The molecule has 2 aromatic rings. The predicted molar refractivity (Wildman–Crippen MR) is 90.5 cm³/mol. The zero-order chi connectivity index (χ0) is 17.7. The van der Waals surface area contributed by atoms with Crippen LogP contribution in [-0.4, -0.2) is 28.3 Å². The number of carbonyl (C=O) groups is 1. The first-order chi connectivity index (χ1) is 11.4. The molecule has 5 nitrogen and oxygen atoms in total. The summed E-state index contributed by atoms with van der Waals surface area (Å²) in [4.78, 5) is 12.0. The summed E-state index contributed by atoms with van der Waals surface area (Å²) in [7, 11) is 1.90. The Kier molecular flexibility index (Phi) is 5.95. The van der Waals surface area contributed by atoms with Gasteiger partial charge in [-0.2, -0.15) is 5.10 Å². The number of aromatic nitrogens is 2. The quantitative estimate of drug-likeness (QED) is 0.847. The van der Waals surface area contributed by atoms with Crippen LogP contribution in [0.15, 0.2) is 24.3 Å². The van der Waals surface area contributed by atoms with E-state index >= 15 is 0 Å². The minimum absolute atomic E-state index is 0.0540. The van der Waals surface area contributed by atoms with Crippen LogP contribution in [0.4, 0.5) is 4.39 Å². The molecule has 24 heavy (non-hydrogen) atoms. The van der Waals surface area contributed by atoms with Crippen LogP contribution in [0.1, 0.15) is 30.3 Å². The second-order valence-electron chi connectivity index (χ2n) is 5.94. The molecule has 2 rings (SSSR count). The molecule has 0 aliphatic carbocycles. The number of para-hydroxylation sites is 1. The molecular weight excluding hydrogens is 309 g/mol. The van der Waals surface area contributed by atoms with E-state index in [-0.39, 0.29) is 17.8 Å². The Labute approximate surface area is 141 Å². The van der Waals surface area contributed by atoms with Crippen molar-refractivity contribution in [2.75, 3.05) is 6.54 Å². The fourth-order valence-electron chi connectivity index (χ4n) is 2.56. The Bertz CT molecular complexity index is 712. The maximum Gasteiger partial charge on any atom is 0.220 e. The first kappa shape index (κ1) is 18.0. The average Bonchev–Trinajstić information content (AvgIpc) is 2.78. The van der Waals surface area contributed by atoms with Gasteiger partial charge < -0.3 is 10.1 Å². The number of benzene rings is 1. The van der Waals surface area contributed by atoms with Crippen LogP contribution in [-0.2, 0) is 18.3 Å². The maximum atomic E-state index is 13.5. The molecule has 130 valence electrons. The highest BCUT2D eigenvalue weighted by atomic mass is 19.1. The predicted octanol–water partition coefficient (Wildman–Crippen LogP) is 2.69. The highest BCUT2D eigenvalue weighted by Gasteiger charge is 2.13. The van der Waals surface area contributed by atoms with Gasteiger partial charge in [0.15, 0.2) is 11.6 Å². The highest BCUT2D eigenvalue weighted by Crippen LogP contribution is 2.17. The van der Waals surface area contributed by atoms with E-state index in [2.05, 4.69) is 10.4 Å². The number of carbonyl (C=O) groups excluding carboxylic acids is 1. The van der Waals surface area contributed by atoms with Gasteiger partial charge in [0.05, 0.1) is 12.2 Å². The van der Waals surface area contributed by atoms with Crippen LogP contribution in [0, 0.1) is 19.7 Å². The van der Waals surface area contributed by atoms with Crippen molar-refractivity contribution in [3.05, 3.63) is 47.0 Å². The summed E-state index contributed by atoms with van der Waals surface area (Å²) in [6, 6.07) is 6.24. The topological polar surface area (TPSA) is 56.2 Å². The summed E-state index contributed by atoms with van der Waals surface area (Å²) in [5, 5.41) is 7.17. The fraction of sp³-hybridized carbons (Fsp3) is 0.444. The third kappa shape index (κ3) is 4.57. The van der Waals surface area contributed by atoms with Crippen LogP contribution in [0.3, 0.4) is 0 Å². The van der Waals surface area contributed by atoms with Crippen molar-refractivity contribution in [3.8, 4) is 5.75 Å². The number of nitrogens with one attached hydrogen (secondary N) is 1. The zero-order valence-electron chi connectivity index (χ0n) is 14.6. The largest absolute Gasteiger partial charge is 0.486 e. The smallest absolute Gasteiger partial charge is 0.220 e. The molecule has 1 amide bonds. The van der Waals surface area contributed by atoms with E-state index in [0.717, 1.165) is 17.0 Å². The van der Waals surface area contributed by atoms with Crippen molar-refractivity contribution in [1.29, 1.82) is 0 Å². The van der Waals surface area contributed by atoms with Crippen molar-refractivity contribution >= 4 is 5.91 Å². The van der Waals surface area contributed by atoms with Gasteiger partial charge in [-0.1, -0.05) is 12.1 Å². The molecule has 1 aromatic carbocycles. The first-order valence-electron chi connectivity index (χ1n) is 8.05. The van der Waals surface area contributed by atoms with Gasteiger partial charge in [-0.25, -0.2) is 4.39 Å². The van der Waals surface area contributed by atoms with Gasteiger partial charge in [-0.3, -0.25) is 9.48 Å². The van der Waals surface area contributed by atoms with Gasteiger partial charge in [0.25, 0.3) is 0 Å². The lowest BCUT2D eigenvalue weighted by Gasteiger charge is -2.16. The van der Waals surface area contributed by atoms with Crippen LogP contribution in [0.25, 0.3) is 0 Å². The van der Waals surface area contributed by atoms with Gasteiger partial charge in [-0.05, 0) is 44.9 Å². The Hall–Kier alpha value is -2.37. The van der Waals surface area contributed by atoms with Crippen LogP contribution in [0.5, 0.6) is 5.75 Å². The van der Waals surface area contributed by atoms with E-state index in [1.165, 1.54) is 6.07 Å². The molecule has 1 N–H and O–H groups in total. The van der Waals surface area contributed by atoms with E-state index in [1.54, 1.807) is 25.1 Å². The molecule has 0 fully saturated rings. The molecule has 1 aromatic heterocycles. The van der Waals surface area contributed by atoms with Crippen molar-refractivity contribution in [2.45, 2.75) is 39.7 Å². The molecular formula is C18H24FN3O2. The lowest BCUT2D eigenvalue weighted by atomic mass is 10.1. The van der Waals surface area contributed by atoms with Crippen molar-refractivity contribution in [1.82, 2.24) is 15.1 Å². The number of amides is 1. The van der Waals surface area contributed by atoms with Crippen LogP contribution < -0.4 is 10.1 Å². The van der Waals surface area contributed by atoms with Gasteiger partial charge in [0.1, 0.15) is 6.10 Å². The molecule has 1 atom stereocenters. The van der Waals surface area contributed by atoms with Crippen molar-refractivity contribution in [3.63, 3.8) is 0 Å². The molecule has 0 bridgehead atoms. The number of ether oxygens (including phenoxy) is 1. The van der Waals surface area contributed by atoms with Crippen LogP contribution in [0.2, 0.25) is 0 Å². The molecule has 0 saturated heterocycles. The summed E-state index contributed by atoms with van der Waals surface area (Å²) in [6.45, 7) is 6.07. The Balaban J connectivity index is 1.77. The molecule has 0 spiro atoms. The van der Waals surface area contributed by atoms with E-state index in [4.69, 9.17) is 4.74 Å². The standard InChI is InChI=1S/C18H24FN3O2/c1-12(24-17-8-6-5-7-16(17)19)11-20-18(23)10-9-15-13(2)21-22(4)14(15)3/h5-8,12H,9-11H2,1-4H3,(H,20,23)/t12-/m1/s1. The second kappa shape index (κ2) is 7.95. The monoisotopic (exact) mass is 333 g/mol. The van der Waals surface area contributed by atoms with E-state index in [9.17, 15) is 9.18 Å². The maximum absolute atomic E-state index is 13.5. The van der Waals surface area contributed by atoms with E-state index in [0.29, 0.717) is 19.4 Å². The van der Waals surface area contributed by atoms with Crippen molar-refractivity contribution in [2.24, 2.45) is 7.05 Å². The third-order valence-electron chi connectivity index (χ3n) is 4.01. The minimum Gasteiger partial charge on any atom is -0.486 e. The van der Waals surface area contributed by atoms with Gasteiger partial charge in [0.2, 0.25) is 5.91 Å². The summed E-state index contributed by atoms with van der Waals surface area (Å²) < 4.78 is 20.8. The SMILES string of the molecule is Cc1nn(C)c(C)c1CCC(=O)NC[C@@H](C)Oc1ccccc1F. The Morgan fingerprint density at radius 1 is 1.38 bits per heavy atom. The summed E-state index contributed by atoms with van der Waals surface area (Å²) in [5.41, 5.74) is 3.15. The normalized spacial score (nSPS) is 12.0. The number of rotatable bonds is 7.